The maximum atomic E-state index is 13.9. The summed E-state index contributed by atoms with van der Waals surface area (Å²) in [5.41, 5.74) is 0.628. The van der Waals surface area contributed by atoms with Crippen LogP contribution >= 0.6 is 0 Å². The van der Waals surface area contributed by atoms with Gasteiger partial charge < -0.3 is 4.74 Å². The van der Waals surface area contributed by atoms with Crippen molar-refractivity contribution >= 4 is 10.9 Å². The molecule has 0 fully saturated rings. The Morgan fingerprint density at radius 2 is 2.08 bits per heavy atom. The van der Waals surface area contributed by atoms with E-state index in [0.29, 0.717) is 22.2 Å². The van der Waals surface area contributed by atoms with E-state index in [9.17, 15) is 9.18 Å². The Hall–Kier alpha value is -3.55. The number of hydrogen-bond acceptors (Lipinski definition) is 5. The zero-order valence-corrected chi connectivity index (χ0v) is 13.8. The van der Waals surface area contributed by atoms with Crippen LogP contribution in [0.2, 0.25) is 0 Å². The van der Waals surface area contributed by atoms with Crippen LogP contribution in [0.25, 0.3) is 10.9 Å². The number of hydrogen-bond donors (Lipinski definition) is 1. The van der Waals surface area contributed by atoms with E-state index in [0.717, 1.165) is 0 Å². The van der Waals surface area contributed by atoms with E-state index in [2.05, 4.69) is 20.1 Å². The lowest BCUT2D eigenvalue weighted by Gasteiger charge is -2.13. The SMILES string of the molecule is C[C@H](c1ccccc1F)n1cc(Oc2nc3cnccc3c(=O)[nH]2)cn1. The Bertz CT molecular complexity index is 1140. The Balaban J connectivity index is 1.61. The van der Waals surface area contributed by atoms with Gasteiger partial charge in [0.15, 0.2) is 5.75 Å². The van der Waals surface area contributed by atoms with Crippen molar-refractivity contribution in [1.82, 2.24) is 24.7 Å². The second kappa shape index (κ2) is 6.40. The standard InChI is InChI=1S/C18H14FN5O2/c1-11(13-4-2-3-5-15(13)19)24-10-12(8-21-24)26-18-22-16-9-20-7-6-14(16)17(25)23-18/h2-11H,1H3,(H,22,23,25)/t11-/m1/s1. The van der Waals surface area contributed by atoms with Crippen molar-refractivity contribution in [3.63, 3.8) is 0 Å². The summed E-state index contributed by atoms with van der Waals surface area (Å²) in [4.78, 5) is 22.8. The highest BCUT2D eigenvalue weighted by Crippen LogP contribution is 2.24. The number of fused-ring (bicyclic) bond motifs is 1. The molecule has 0 aliphatic carbocycles. The highest BCUT2D eigenvalue weighted by atomic mass is 19.1. The smallest absolute Gasteiger partial charge is 0.302 e. The Morgan fingerprint density at radius 3 is 2.92 bits per heavy atom. The molecule has 1 atom stereocenters. The average Bonchev–Trinajstić information content (AvgIpc) is 3.10. The van der Waals surface area contributed by atoms with Gasteiger partial charge in [0.25, 0.3) is 5.56 Å². The summed E-state index contributed by atoms with van der Waals surface area (Å²) in [5, 5.41) is 4.63. The number of aromatic amines is 1. The van der Waals surface area contributed by atoms with E-state index in [4.69, 9.17) is 4.74 Å². The van der Waals surface area contributed by atoms with Crippen LogP contribution in [-0.4, -0.2) is 24.7 Å². The molecule has 8 heteroatoms. The molecular formula is C18H14FN5O2. The first-order valence-corrected chi connectivity index (χ1v) is 7.92. The van der Waals surface area contributed by atoms with Gasteiger partial charge >= 0.3 is 6.01 Å². The fourth-order valence-corrected chi connectivity index (χ4v) is 2.67. The van der Waals surface area contributed by atoms with Gasteiger partial charge in [0, 0.05) is 11.8 Å². The van der Waals surface area contributed by atoms with Gasteiger partial charge in [-0.3, -0.25) is 19.4 Å². The van der Waals surface area contributed by atoms with Crippen LogP contribution in [0.1, 0.15) is 18.5 Å². The van der Waals surface area contributed by atoms with Crippen molar-refractivity contribution < 1.29 is 9.13 Å². The summed E-state index contributed by atoms with van der Waals surface area (Å²) in [7, 11) is 0. The summed E-state index contributed by atoms with van der Waals surface area (Å²) in [6.07, 6.45) is 6.10. The maximum Gasteiger partial charge on any atom is 0.302 e. The number of benzene rings is 1. The highest BCUT2D eigenvalue weighted by Gasteiger charge is 2.14. The Kier molecular flexibility index (Phi) is 3.92. The first kappa shape index (κ1) is 15.9. The van der Waals surface area contributed by atoms with Crippen LogP contribution in [0, 0.1) is 5.82 Å². The van der Waals surface area contributed by atoms with Gasteiger partial charge in [0.05, 0.1) is 35.5 Å². The molecule has 0 radical (unpaired) electrons. The number of nitrogens with zero attached hydrogens (tertiary/aromatic N) is 4. The minimum absolute atomic E-state index is 0.0357. The van der Waals surface area contributed by atoms with Crippen molar-refractivity contribution in [2.24, 2.45) is 0 Å². The number of H-pyrrole nitrogens is 1. The molecule has 1 N–H and O–H groups in total. The van der Waals surface area contributed by atoms with Gasteiger partial charge in [0.2, 0.25) is 0 Å². The molecule has 0 amide bonds. The largest absolute Gasteiger partial charge is 0.422 e. The molecule has 4 aromatic rings. The zero-order chi connectivity index (χ0) is 18.1. The van der Waals surface area contributed by atoms with Crippen LogP contribution in [0.3, 0.4) is 0 Å². The second-order valence-electron chi connectivity index (χ2n) is 5.72. The van der Waals surface area contributed by atoms with Crippen molar-refractivity contribution in [2.45, 2.75) is 13.0 Å². The lowest BCUT2D eigenvalue weighted by atomic mass is 10.1. The van der Waals surface area contributed by atoms with Crippen molar-refractivity contribution in [1.29, 1.82) is 0 Å². The van der Waals surface area contributed by atoms with E-state index in [1.54, 1.807) is 35.1 Å². The Labute approximate surface area is 147 Å². The van der Waals surface area contributed by atoms with E-state index in [-0.39, 0.29) is 23.4 Å². The summed E-state index contributed by atoms with van der Waals surface area (Å²) in [6.45, 7) is 1.83. The zero-order valence-electron chi connectivity index (χ0n) is 13.8. The average molecular weight is 351 g/mol. The van der Waals surface area contributed by atoms with Crippen LogP contribution < -0.4 is 10.3 Å². The fraction of sp³-hybridized carbons (Fsp3) is 0.111. The summed E-state index contributed by atoms with van der Waals surface area (Å²) in [5.74, 6) is 0.0746. The summed E-state index contributed by atoms with van der Waals surface area (Å²) >= 11 is 0. The maximum absolute atomic E-state index is 13.9. The van der Waals surface area contributed by atoms with Gasteiger partial charge in [-0.15, -0.1) is 0 Å². The highest BCUT2D eigenvalue weighted by molar-refractivity contribution is 5.76. The van der Waals surface area contributed by atoms with Gasteiger partial charge in [-0.2, -0.15) is 10.1 Å². The normalized spacial score (nSPS) is 12.2. The third-order valence-electron chi connectivity index (χ3n) is 4.03. The van der Waals surface area contributed by atoms with Crippen molar-refractivity contribution in [3.05, 3.63) is 76.9 Å². The molecule has 26 heavy (non-hydrogen) atoms. The van der Waals surface area contributed by atoms with Crippen molar-refractivity contribution in [2.75, 3.05) is 0 Å². The number of pyridine rings is 1. The predicted octanol–water partition coefficient (Wildman–Crippen LogP) is 3.06. The third-order valence-corrected chi connectivity index (χ3v) is 4.03. The number of nitrogens with one attached hydrogen (secondary N) is 1. The molecule has 1 aromatic carbocycles. The van der Waals surface area contributed by atoms with Gasteiger partial charge in [-0.25, -0.2) is 4.39 Å². The molecular weight excluding hydrogens is 337 g/mol. The summed E-state index contributed by atoms with van der Waals surface area (Å²) < 4.78 is 21.1. The third kappa shape index (κ3) is 2.92. The lowest BCUT2D eigenvalue weighted by Crippen LogP contribution is -2.09. The molecule has 7 nitrogen and oxygen atoms in total. The van der Waals surface area contributed by atoms with Crippen LogP contribution in [0.5, 0.6) is 11.8 Å². The molecule has 0 unspecified atom stereocenters. The molecule has 0 aliphatic rings. The first-order valence-electron chi connectivity index (χ1n) is 7.92. The van der Waals surface area contributed by atoms with Crippen molar-refractivity contribution in [3.8, 4) is 11.8 Å². The molecule has 130 valence electrons. The molecule has 0 saturated carbocycles. The second-order valence-corrected chi connectivity index (χ2v) is 5.72. The minimum atomic E-state index is -0.320. The number of ether oxygens (including phenoxy) is 1. The number of rotatable bonds is 4. The monoisotopic (exact) mass is 351 g/mol. The molecule has 0 aliphatic heterocycles. The lowest BCUT2D eigenvalue weighted by molar-refractivity contribution is 0.440. The molecule has 4 rings (SSSR count). The number of halogens is 1. The molecule has 0 spiro atoms. The fourth-order valence-electron chi connectivity index (χ4n) is 2.67. The molecule has 3 heterocycles. The van der Waals surface area contributed by atoms with Crippen LogP contribution in [0.15, 0.2) is 59.9 Å². The number of aromatic nitrogens is 5. The molecule has 3 aromatic heterocycles. The van der Waals surface area contributed by atoms with E-state index < -0.39 is 0 Å². The van der Waals surface area contributed by atoms with Crippen LogP contribution in [-0.2, 0) is 0 Å². The topological polar surface area (TPSA) is 85.7 Å². The van der Waals surface area contributed by atoms with Gasteiger partial charge in [-0.05, 0) is 19.1 Å². The molecule has 0 saturated heterocycles. The van der Waals surface area contributed by atoms with E-state index in [1.807, 2.05) is 6.92 Å². The van der Waals surface area contributed by atoms with Crippen LogP contribution in [0.4, 0.5) is 4.39 Å². The first-order chi connectivity index (χ1) is 12.6. The molecule has 0 bridgehead atoms. The van der Waals surface area contributed by atoms with E-state index >= 15 is 0 Å². The Morgan fingerprint density at radius 1 is 1.23 bits per heavy atom. The minimum Gasteiger partial charge on any atom is -0.422 e. The summed E-state index contributed by atoms with van der Waals surface area (Å²) in [6, 6.07) is 7.82. The van der Waals surface area contributed by atoms with Gasteiger partial charge in [-0.1, -0.05) is 18.2 Å². The van der Waals surface area contributed by atoms with E-state index in [1.165, 1.54) is 24.7 Å². The predicted molar refractivity (Wildman–Crippen MR) is 92.7 cm³/mol. The van der Waals surface area contributed by atoms with Gasteiger partial charge in [0.1, 0.15) is 5.82 Å². The quantitative estimate of drug-likeness (QED) is 0.611.